The van der Waals surface area contributed by atoms with Gasteiger partial charge in [0.05, 0.1) is 0 Å². The predicted molar refractivity (Wildman–Crippen MR) is 67.9 cm³/mol. The van der Waals surface area contributed by atoms with Crippen LogP contribution in [0.1, 0.15) is 58.3 Å². The number of hydrogen-bond acceptors (Lipinski definition) is 2. The van der Waals surface area contributed by atoms with E-state index in [0.717, 1.165) is 24.7 Å². The Bertz CT molecular complexity index is 259. The van der Waals surface area contributed by atoms with Crippen LogP contribution in [0.4, 0.5) is 0 Å². The third-order valence-corrected chi connectivity index (χ3v) is 4.76. The van der Waals surface area contributed by atoms with Gasteiger partial charge in [-0.15, -0.1) is 0 Å². The van der Waals surface area contributed by atoms with Gasteiger partial charge in [0, 0.05) is 6.04 Å². The van der Waals surface area contributed by atoms with Gasteiger partial charge in [0.1, 0.15) is 6.04 Å². The van der Waals surface area contributed by atoms with E-state index in [1.54, 1.807) is 0 Å². The Hall–Kier alpha value is -0.570. The molecular formula is C14H25NO2. The van der Waals surface area contributed by atoms with Gasteiger partial charge in [0.25, 0.3) is 0 Å². The summed E-state index contributed by atoms with van der Waals surface area (Å²) in [7, 11) is 0. The quantitative estimate of drug-likeness (QED) is 0.796. The van der Waals surface area contributed by atoms with Gasteiger partial charge in [0.15, 0.2) is 0 Å². The third kappa shape index (κ3) is 3.21. The molecule has 0 amide bonds. The fourth-order valence-corrected chi connectivity index (χ4v) is 3.53. The Kier molecular flexibility index (Phi) is 4.43. The average molecular weight is 239 g/mol. The number of nitrogens with one attached hydrogen (secondary N) is 1. The van der Waals surface area contributed by atoms with Gasteiger partial charge in [-0.25, -0.2) is 0 Å². The van der Waals surface area contributed by atoms with Crippen molar-refractivity contribution in [3.8, 4) is 0 Å². The summed E-state index contributed by atoms with van der Waals surface area (Å²) in [5.41, 5.74) is 0. The van der Waals surface area contributed by atoms with E-state index in [-0.39, 0.29) is 6.04 Å². The second-order valence-corrected chi connectivity index (χ2v) is 5.78. The first-order valence-electron chi connectivity index (χ1n) is 7.19. The van der Waals surface area contributed by atoms with Gasteiger partial charge < -0.3 is 10.4 Å². The molecule has 2 rings (SSSR count). The average Bonchev–Trinajstić information content (AvgIpc) is 2.39. The van der Waals surface area contributed by atoms with Crippen LogP contribution < -0.4 is 5.32 Å². The number of aliphatic carboxylic acids is 1. The van der Waals surface area contributed by atoms with Crippen LogP contribution in [0.25, 0.3) is 0 Å². The van der Waals surface area contributed by atoms with Crippen LogP contribution in [-0.2, 0) is 4.79 Å². The van der Waals surface area contributed by atoms with Crippen molar-refractivity contribution in [2.45, 2.75) is 70.4 Å². The molecule has 2 aliphatic rings. The van der Waals surface area contributed by atoms with Gasteiger partial charge >= 0.3 is 5.97 Å². The first-order chi connectivity index (χ1) is 8.20. The van der Waals surface area contributed by atoms with Gasteiger partial charge in [-0.3, -0.25) is 4.79 Å². The molecule has 0 aromatic heterocycles. The molecule has 0 aromatic carbocycles. The number of rotatable bonds is 3. The van der Waals surface area contributed by atoms with Crippen molar-refractivity contribution in [3.63, 3.8) is 0 Å². The summed E-state index contributed by atoms with van der Waals surface area (Å²) in [5.74, 6) is 0.974. The molecule has 0 aromatic rings. The van der Waals surface area contributed by atoms with E-state index in [9.17, 15) is 4.79 Å². The number of carboxylic acids is 1. The normalized spacial score (nSPS) is 38.9. The van der Waals surface area contributed by atoms with Gasteiger partial charge in [-0.05, 0) is 43.9 Å². The molecule has 3 nitrogen and oxygen atoms in total. The highest BCUT2D eigenvalue weighted by Crippen LogP contribution is 2.35. The Labute approximate surface area is 104 Å². The number of carbonyl (C=O) groups is 1. The van der Waals surface area contributed by atoms with Crippen molar-refractivity contribution in [2.75, 3.05) is 0 Å². The first kappa shape index (κ1) is 12.9. The zero-order valence-electron chi connectivity index (χ0n) is 10.8. The SMILES string of the molecule is CCC1CCC(C2CCCC(C(=O)O)N2)CC1. The lowest BCUT2D eigenvalue weighted by Crippen LogP contribution is -2.50. The predicted octanol–water partition coefficient (Wildman–Crippen LogP) is 2.80. The molecule has 1 aliphatic heterocycles. The standard InChI is InChI=1S/C14H25NO2/c1-2-10-6-8-11(9-7-10)12-4-3-5-13(15-12)14(16)17/h10-13,15H,2-9H2,1H3,(H,16,17). The summed E-state index contributed by atoms with van der Waals surface area (Å²) in [6.07, 6.45) is 9.63. The molecule has 17 heavy (non-hydrogen) atoms. The summed E-state index contributed by atoms with van der Waals surface area (Å²) in [6, 6.07) is 0.167. The third-order valence-electron chi connectivity index (χ3n) is 4.76. The smallest absolute Gasteiger partial charge is 0.320 e. The van der Waals surface area contributed by atoms with Crippen molar-refractivity contribution >= 4 is 5.97 Å². The second-order valence-electron chi connectivity index (χ2n) is 5.78. The Balaban J connectivity index is 1.84. The highest BCUT2D eigenvalue weighted by atomic mass is 16.4. The molecule has 0 radical (unpaired) electrons. The monoisotopic (exact) mass is 239 g/mol. The molecule has 1 saturated heterocycles. The molecule has 2 fully saturated rings. The van der Waals surface area contributed by atoms with E-state index < -0.39 is 5.97 Å². The maximum atomic E-state index is 11.0. The minimum absolute atomic E-state index is 0.294. The van der Waals surface area contributed by atoms with E-state index >= 15 is 0 Å². The molecule has 0 spiro atoms. The maximum absolute atomic E-state index is 11.0. The fourth-order valence-electron chi connectivity index (χ4n) is 3.53. The molecule has 2 atom stereocenters. The summed E-state index contributed by atoms with van der Waals surface area (Å²) in [4.78, 5) is 11.0. The molecule has 98 valence electrons. The fraction of sp³-hybridized carbons (Fsp3) is 0.929. The molecule has 1 saturated carbocycles. The van der Waals surface area contributed by atoms with Crippen LogP contribution in [0.5, 0.6) is 0 Å². The maximum Gasteiger partial charge on any atom is 0.320 e. The minimum Gasteiger partial charge on any atom is -0.480 e. The zero-order valence-corrected chi connectivity index (χ0v) is 10.8. The van der Waals surface area contributed by atoms with Crippen LogP contribution in [-0.4, -0.2) is 23.2 Å². The van der Waals surface area contributed by atoms with Gasteiger partial charge in [-0.2, -0.15) is 0 Å². The van der Waals surface area contributed by atoms with Crippen LogP contribution in [0.2, 0.25) is 0 Å². The molecule has 2 N–H and O–H groups in total. The largest absolute Gasteiger partial charge is 0.480 e. The van der Waals surface area contributed by atoms with Crippen molar-refractivity contribution in [3.05, 3.63) is 0 Å². The van der Waals surface area contributed by atoms with Gasteiger partial charge in [0.2, 0.25) is 0 Å². The summed E-state index contributed by atoms with van der Waals surface area (Å²) in [5, 5.41) is 12.4. The summed E-state index contributed by atoms with van der Waals surface area (Å²) >= 11 is 0. The van der Waals surface area contributed by atoms with Crippen molar-refractivity contribution in [1.82, 2.24) is 5.32 Å². The minimum atomic E-state index is -0.669. The highest BCUT2D eigenvalue weighted by Gasteiger charge is 2.32. The summed E-state index contributed by atoms with van der Waals surface area (Å²) in [6.45, 7) is 2.28. The zero-order chi connectivity index (χ0) is 12.3. The number of hydrogen-bond donors (Lipinski definition) is 2. The second kappa shape index (κ2) is 5.85. The molecule has 1 heterocycles. The highest BCUT2D eigenvalue weighted by molar-refractivity contribution is 5.73. The molecule has 0 bridgehead atoms. The van der Waals surface area contributed by atoms with Crippen LogP contribution >= 0.6 is 0 Å². The van der Waals surface area contributed by atoms with Crippen LogP contribution in [0.15, 0.2) is 0 Å². The van der Waals surface area contributed by atoms with Crippen LogP contribution in [0, 0.1) is 11.8 Å². The lowest BCUT2D eigenvalue weighted by molar-refractivity contribution is -0.140. The van der Waals surface area contributed by atoms with Gasteiger partial charge in [-0.1, -0.05) is 26.2 Å². The van der Waals surface area contributed by atoms with E-state index in [1.165, 1.54) is 38.5 Å². The molecule has 1 aliphatic carbocycles. The topological polar surface area (TPSA) is 49.3 Å². The lowest BCUT2D eigenvalue weighted by Gasteiger charge is -2.38. The Morgan fingerprint density at radius 1 is 1.18 bits per heavy atom. The Morgan fingerprint density at radius 3 is 2.47 bits per heavy atom. The number of carboxylic acid groups (broad SMARTS) is 1. The summed E-state index contributed by atoms with van der Waals surface area (Å²) < 4.78 is 0. The first-order valence-corrected chi connectivity index (χ1v) is 7.19. The van der Waals surface area contributed by atoms with E-state index in [1.807, 2.05) is 0 Å². The molecular weight excluding hydrogens is 214 g/mol. The lowest BCUT2D eigenvalue weighted by atomic mass is 9.75. The molecule has 2 unspecified atom stereocenters. The van der Waals surface area contributed by atoms with E-state index in [4.69, 9.17) is 5.11 Å². The van der Waals surface area contributed by atoms with Crippen molar-refractivity contribution in [1.29, 1.82) is 0 Å². The van der Waals surface area contributed by atoms with Crippen molar-refractivity contribution in [2.24, 2.45) is 11.8 Å². The van der Waals surface area contributed by atoms with E-state index in [0.29, 0.717) is 6.04 Å². The van der Waals surface area contributed by atoms with Crippen molar-refractivity contribution < 1.29 is 9.90 Å². The van der Waals surface area contributed by atoms with E-state index in [2.05, 4.69) is 12.2 Å². The Morgan fingerprint density at radius 2 is 1.88 bits per heavy atom. The molecule has 3 heteroatoms. The number of piperidine rings is 1. The van der Waals surface area contributed by atoms with Crippen LogP contribution in [0.3, 0.4) is 0 Å².